The van der Waals surface area contributed by atoms with Gasteiger partial charge in [0.25, 0.3) is 0 Å². The summed E-state index contributed by atoms with van der Waals surface area (Å²) in [7, 11) is 3.46. The third-order valence-electron chi connectivity index (χ3n) is 5.25. The van der Waals surface area contributed by atoms with Gasteiger partial charge in [0.05, 0.1) is 5.56 Å². The van der Waals surface area contributed by atoms with Gasteiger partial charge in [-0.2, -0.15) is 13.2 Å². The topological polar surface area (TPSA) is 52.6 Å². The molecule has 0 radical (unpaired) electrons. The van der Waals surface area contributed by atoms with Gasteiger partial charge in [-0.25, -0.2) is 14.8 Å². The van der Waals surface area contributed by atoms with Gasteiger partial charge in [0.1, 0.15) is 5.82 Å². The minimum absolute atomic E-state index is 0.0188. The third-order valence-corrected chi connectivity index (χ3v) is 5.25. The zero-order chi connectivity index (χ0) is 22.1. The standard InChI is InChI=1S/C21H26F3N5O/c1-5-17-14(2)25-18(15-6-8-16(9-7-15)21(22,23)24)26-19(17)28-10-12-29(13-11-28)20(30)27(3)4/h6-9H,5,10-13H2,1-4H3. The quantitative estimate of drug-likeness (QED) is 0.756. The number of carbonyl (C=O) groups excluding carboxylic acids is 1. The Bertz CT molecular complexity index is 904. The number of benzene rings is 1. The first-order chi connectivity index (χ1) is 14.1. The number of rotatable bonds is 3. The van der Waals surface area contributed by atoms with Gasteiger partial charge in [-0.1, -0.05) is 19.1 Å². The molecule has 0 atom stereocenters. The van der Waals surface area contributed by atoms with Crippen molar-refractivity contribution in [3.8, 4) is 11.4 Å². The van der Waals surface area contributed by atoms with E-state index in [-0.39, 0.29) is 6.03 Å². The fraction of sp³-hybridized carbons (Fsp3) is 0.476. The van der Waals surface area contributed by atoms with Crippen molar-refractivity contribution in [1.29, 1.82) is 0 Å². The number of nitrogens with zero attached hydrogens (tertiary/aromatic N) is 5. The summed E-state index contributed by atoms with van der Waals surface area (Å²) in [5, 5.41) is 0. The van der Waals surface area contributed by atoms with Crippen molar-refractivity contribution >= 4 is 11.8 Å². The highest BCUT2D eigenvalue weighted by Crippen LogP contribution is 2.31. The summed E-state index contributed by atoms with van der Waals surface area (Å²) < 4.78 is 38.6. The van der Waals surface area contributed by atoms with E-state index in [0.29, 0.717) is 37.6 Å². The monoisotopic (exact) mass is 421 g/mol. The van der Waals surface area contributed by atoms with Crippen molar-refractivity contribution in [3.63, 3.8) is 0 Å². The second kappa shape index (κ2) is 8.49. The number of piperazine rings is 1. The van der Waals surface area contributed by atoms with E-state index in [9.17, 15) is 18.0 Å². The Morgan fingerprint density at radius 1 is 1.07 bits per heavy atom. The maximum Gasteiger partial charge on any atom is 0.416 e. The van der Waals surface area contributed by atoms with E-state index in [0.717, 1.165) is 35.6 Å². The van der Waals surface area contributed by atoms with Gasteiger partial charge in [0.15, 0.2) is 5.82 Å². The first kappa shape index (κ1) is 21.9. The van der Waals surface area contributed by atoms with Crippen LogP contribution < -0.4 is 4.90 Å². The SMILES string of the molecule is CCc1c(C)nc(-c2ccc(C(F)(F)F)cc2)nc1N1CCN(C(=O)N(C)C)CC1. The Morgan fingerprint density at radius 3 is 2.17 bits per heavy atom. The van der Waals surface area contributed by atoms with E-state index < -0.39 is 11.7 Å². The highest BCUT2D eigenvalue weighted by molar-refractivity contribution is 5.74. The summed E-state index contributed by atoms with van der Waals surface area (Å²) in [5.74, 6) is 1.19. The molecule has 1 aromatic heterocycles. The van der Waals surface area contributed by atoms with Gasteiger partial charge < -0.3 is 14.7 Å². The van der Waals surface area contributed by atoms with Crippen molar-refractivity contribution in [1.82, 2.24) is 19.8 Å². The Kier molecular flexibility index (Phi) is 6.19. The fourth-order valence-corrected chi connectivity index (χ4v) is 3.59. The molecular formula is C21H26F3N5O. The third kappa shape index (κ3) is 4.49. The van der Waals surface area contributed by atoms with Gasteiger partial charge in [-0.05, 0) is 25.5 Å². The van der Waals surface area contributed by atoms with E-state index in [1.807, 2.05) is 13.8 Å². The van der Waals surface area contributed by atoms with Crippen molar-refractivity contribution in [2.75, 3.05) is 45.2 Å². The summed E-state index contributed by atoms with van der Waals surface area (Å²) in [5.41, 5.74) is 1.66. The number of halogens is 3. The highest BCUT2D eigenvalue weighted by Gasteiger charge is 2.30. The predicted octanol–water partition coefficient (Wildman–Crippen LogP) is 3.84. The van der Waals surface area contributed by atoms with Gasteiger partial charge in [0.2, 0.25) is 0 Å². The molecule has 0 spiro atoms. The van der Waals surface area contributed by atoms with Crippen LogP contribution in [0.5, 0.6) is 0 Å². The van der Waals surface area contributed by atoms with E-state index >= 15 is 0 Å². The van der Waals surface area contributed by atoms with Gasteiger partial charge >= 0.3 is 12.2 Å². The van der Waals surface area contributed by atoms with Crippen LogP contribution in [0.15, 0.2) is 24.3 Å². The number of aromatic nitrogens is 2. The number of hydrogen-bond donors (Lipinski definition) is 0. The number of carbonyl (C=O) groups is 1. The summed E-state index contributed by atoms with van der Waals surface area (Å²) in [4.78, 5) is 26.9. The summed E-state index contributed by atoms with van der Waals surface area (Å²) in [6.45, 7) is 6.35. The Morgan fingerprint density at radius 2 is 1.67 bits per heavy atom. The lowest BCUT2D eigenvalue weighted by atomic mass is 10.1. The van der Waals surface area contributed by atoms with Crippen LogP contribution in [-0.2, 0) is 12.6 Å². The van der Waals surface area contributed by atoms with Crippen LogP contribution >= 0.6 is 0 Å². The molecule has 1 fully saturated rings. The first-order valence-electron chi connectivity index (χ1n) is 9.88. The number of amides is 2. The molecule has 0 aliphatic carbocycles. The molecule has 0 bridgehead atoms. The van der Waals surface area contributed by atoms with Crippen molar-refractivity contribution in [3.05, 3.63) is 41.1 Å². The molecule has 1 aromatic carbocycles. The Hall–Kier alpha value is -2.84. The second-order valence-electron chi connectivity index (χ2n) is 7.51. The second-order valence-corrected chi connectivity index (χ2v) is 7.51. The van der Waals surface area contributed by atoms with Gasteiger partial charge in [0, 0.05) is 57.1 Å². The average Bonchev–Trinajstić information content (AvgIpc) is 2.72. The highest BCUT2D eigenvalue weighted by atomic mass is 19.4. The maximum absolute atomic E-state index is 12.9. The van der Waals surface area contributed by atoms with E-state index in [4.69, 9.17) is 4.98 Å². The number of aryl methyl sites for hydroxylation is 1. The molecule has 1 aliphatic heterocycles. The molecule has 30 heavy (non-hydrogen) atoms. The van der Waals surface area contributed by atoms with Crippen LogP contribution in [0.25, 0.3) is 11.4 Å². The number of anilines is 1. The van der Waals surface area contributed by atoms with Crippen LogP contribution in [0.4, 0.5) is 23.8 Å². The minimum atomic E-state index is -4.38. The molecule has 0 saturated carbocycles. The zero-order valence-electron chi connectivity index (χ0n) is 17.6. The molecule has 2 amide bonds. The normalized spacial score (nSPS) is 14.8. The molecule has 3 rings (SSSR count). The number of alkyl halides is 3. The molecule has 9 heteroatoms. The van der Waals surface area contributed by atoms with Crippen LogP contribution in [0.3, 0.4) is 0 Å². The summed E-state index contributed by atoms with van der Waals surface area (Å²) in [6.07, 6.45) is -3.64. The molecule has 162 valence electrons. The lowest BCUT2D eigenvalue weighted by molar-refractivity contribution is -0.137. The van der Waals surface area contributed by atoms with E-state index in [1.165, 1.54) is 12.1 Å². The van der Waals surface area contributed by atoms with Crippen molar-refractivity contribution in [2.24, 2.45) is 0 Å². The fourth-order valence-electron chi connectivity index (χ4n) is 3.59. The Labute approximate surface area is 174 Å². The molecule has 2 heterocycles. The smallest absolute Gasteiger partial charge is 0.353 e. The largest absolute Gasteiger partial charge is 0.416 e. The van der Waals surface area contributed by atoms with Crippen LogP contribution in [0.1, 0.15) is 23.7 Å². The molecule has 2 aromatic rings. The van der Waals surface area contributed by atoms with E-state index in [1.54, 1.807) is 23.9 Å². The molecule has 0 N–H and O–H groups in total. The first-order valence-corrected chi connectivity index (χ1v) is 9.88. The van der Waals surface area contributed by atoms with Gasteiger partial charge in [-0.3, -0.25) is 0 Å². The molecule has 1 aliphatic rings. The van der Waals surface area contributed by atoms with Crippen LogP contribution in [0.2, 0.25) is 0 Å². The van der Waals surface area contributed by atoms with Crippen molar-refractivity contribution < 1.29 is 18.0 Å². The number of urea groups is 1. The maximum atomic E-state index is 12.9. The zero-order valence-corrected chi connectivity index (χ0v) is 17.6. The number of hydrogen-bond acceptors (Lipinski definition) is 4. The summed E-state index contributed by atoms with van der Waals surface area (Å²) >= 11 is 0. The van der Waals surface area contributed by atoms with Gasteiger partial charge in [-0.15, -0.1) is 0 Å². The van der Waals surface area contributed by atoms with Crippen molar-refractivity contribution in [2.45, 2.75) is 26.4 Å². The predicted molar refractivity (Wildman–Crippen MR) is 109 cm³/mol. The Balaban J connectivity index is 1.89. The molecular weight excluding hydrogens is 395 g/mol. The molecule has 0 unspecified atom stereocenters. The lowest BCUT2D eigenvalue weighted by Crippen LogP contribution is -2.52. The average molecular weight is 421 g/mol. The lowest BCUT2D eigenvalue weighted by Gasteiger charge is -2.37. The van der Waals surface area contributed by atoms with E-state index in [2.05, 4.69) is 9.88 Å². The van der Waals surface area contributed by atoms with Crippen LogP contribution in [0, 0.1) is 6.92 Å². The molecule has 1 saturated heterocycles. The minimum Gasteiger partial charge on any atom is -0.353 e. The van der Waals surface area contributed by atoms with Crippen LogP contribution in [-0.4, -0.2) is 66.1 Å². The summed E-state index contributed by atoms with van der Waals surface area (Å²) in [6, 6.07) is 4.89. The molecule has 6 nitrogen and oxygen atoms in total.